The van der Waals surface area contributed by atoms with Gasteiger partial charge in [-0.15, -0.1) is 0 Å². The molecule has 4 heteroatoms. The van der Waals surface area contributed by atoms with Crippen molar-refractivity contribution >= 4 is 16.7 Å². The predicted octanol–water partition coefficient (Wildman–Crippen LogP) is 2.45. The minimum atomic E-state index is -0.119. The average Bonchev–Trinajstić information content (AvgIpc) is 2.77. The van der Waals surface area contributed by atoms with Gasteiger partial charge in [-0.3, -0.25) is 9.48 Å². The first kappa shape index (κ1) is 11.0. The monoisotopic (exact) mass is 242 g/mol. The summed E-state index contributed by atoms with van der Waals surface area (Å²) >= 11 is 0. The van der Waals surface area contributed by atoms with E-state index in [2.05, 4.69) is 5.10 Å². The van der Waals surface area contributed by atoms with Gasteiger partial charge in [0.15, 0.2) is 5.76 Å². The Morgan fingerprint density at radius 3 is 3.00 bits per heavy atom. The van der Waals surface area contributed by atoms with Crippen LogP contribution in [0.4, 0.5) is 0 Å². The lowest BCUT2D eigenvalue weighted by Crippen LogP contribution is -2.12. The van der Waals surface area contributed by atoms with Gasteiger partial charge in [0, 0.05) is 12.4 Å². The molecule has 18 heavy (non-hydrogen) atoms. The standard InChI is InChI=1S/C14H14N2O2/c1-16-11-7-3-2-6-10(11)13(15-16)14(17)12-8-4-5-9-18-12/h2-3,6-8H,4-5,9H2,1H3. The summed E-state index contributed by atoms with van der Waals surface area (Å²) in [6.07, 6.45) is 3.72. The SMILES string of the molecule is Cn1nc(C(=O)C2=CCCCO2)c2ccccc21. The van der Waals surface area contributed by atoms with E-state index in [0.29, 0.717) is 18.1 Å². The third-order valence-electron chi connectivity index (χ3n) is 3.13. The van der Waals surface area contributed by atoms with Crippen LogP contribution >= 0.6 is 0 Å². The average molecular weight is 242 g/mol. The first-order chi connectivity index (χ1) is 8.77. The number of allylic oxidation sites excluding steroid dienone is 2. The fourth-order valence-corrected chi connectivity index (χ4v) is 2.21. The van der Waals surface area contributed by atoms with E-state index in [4.69, 9.17) is 4.74 Å². The molecule has 1 aliphatic rings. The van der Waals surface area contributed by atoms with Crippen LogP contribution in [0.3, 0.4) is 0 Å². The summed E-state index contributed by atoms with van der Waals surface area (Å²) in [5.41, 5.74) is 1.43. The molecular weight excluding hydrogens is 228 g/mol. The Bertz CT molecular complexity index is 640. The number of rotatable bonds is 2. The van der Waals surface area contributed by atoms with Crippen molar-refractivity contribution in [3.05, 3.63) is 41.8 Å². The number of ketones is 1. The Hall–Kier alpha value is -2.10. The van der Waals surface area contributed by atoms with Gasteiger partial charge >= 0.3 is 0 Å². The predicted molar refractivity (Wildman–Crippen MR) is 68.3 cm³/mol. The van der Waals surface area contributed by atoms with Crippen molar-refractivity contribution in [2.75, 3.05) is 6.61 Å². The van der Waals surface area contributed by atoms with E-state index in [-0.39, 0.29) is 5.78 Å². The number of hydrogen-bond acceptors (Lipinski definition) is 3. The molecule has 0 spiro atoms. The topological polar surface area (TPSA) is 44.1 Å². The highest BCUT2D eigenvalue weighted by atomic mass is 16.5. The number of Topliss-reactive ketones (excluding diaryl/α,β-unsaturated/α-hetero) is 1. The van der Waals surface area contributed by atoms with Crippen LogP contribution in [-0.2, 0) is 11.8 Å². The number of carbonyl (C=O) groups excluding carboxylic acids is 1. The molecule has 0 unspecified atom stereocenters. The molecule has 1 aromatic heterocycles. The van der Waals surface area contributed by atoms with E-state index in [1.54, 1.807) is 4.68 Å². The lowest BCUT2D eigenvalue weighted by molar-refractivity contribution is 0.0895. The molecule has 0 atom stereocenters. The number of aromatic nitrogens is 2. The molecule has 0 aliphatic carbocycles. The van der Waals surface area contributed by atoms with Crippen LogP contribution in [-0.4, -0.2) is 22.2 Å². The summed E-state index contributed by atoms with van der Waals surface area (Å²) < 4.78 is 7.14. The summed E-state index contributed by atoms with van der Waals surface area (Å²) in [5, 5.41) is 5.19. The highest BCUT2D eigenvalue weighted by Gasteiger charge is 2.21. The van der Waals surface area contributed by atoms with Crippen LogP contribution < -0.4 is 0 Å². The number of carbonyl (C=O) groups is 1. The zero-order valence-corrected chi connectivity index (χ0v) is 10.2. The molecule has 0 N–H and O–H groups in total. The second kappa shape index (κ2) is 4.29. The molecule has 92 valence electrons. The maximum absolute atomic E-state index is 12.4. The maximum atomic E-state index is 12.4. The molecular formula is C14H14N2O2. The molecule has 0 radical (unpaired) electrons. The quantitative estimate of drug-likeness (QED) is 0.760. The third-order valence-corrected chi connectivity index (χ3v) is 3.13. The van der Waals surface area contributed by atoms with Gasteiger partial charge in [0.05, 0.1) is 12.1 Å². The Labute approximate surface area is 105 Å². The second-order valence-electron chi connectivity index (χ2n) is 4.38. The summed E-state index contributed by atoms with van der Waals surface area (Å²) in [7, 11) is 1.84. The normalized spacial score (nSPS) is 15.3. The first-order valence-electron chi connectivity index (χ1n) is 6.07. The molecule has 3 rings (SSSR count). The van der Waals surface area contributed by atoms with Gasteiger partial charge in [-0.1, -0.05) is 18.2 Å². The van der Waals surface area contributed by atoms with Gasteiger partial charge in [-0.25, -0.2) is 0 Å². The Kier molecular flexibility index (Phi) is 2.63. The van der Waals surface area contributed by atoms with E-state index in [1.807, 2.05) is 37.4 Å². The van der Waals surface area contributed by atoms with Crippen molar-refractivity contribution in [3.63, 3.8) is 0 Å². The van der Waals surface area contributed by atoms with Crippen LogP contribution in [0.1, 0.15) is 23.3 Å². The minimum Gasteiger partial charge on any atom is -0.490 e. The number of fused-ring (bicyclic) bond motifs is 1. The fraction of sp³-hybridized carbons (Fsp3) is 0.286. The minimum absolute atomic E-state index is 0.119. The summed E-state index contributed by atoms with van der Waals surface area (Å²) in [6.45, 7) is 0.613. The maximum Gasteiger partial charge on any atom is 0.248 e. The highest BCUT2D eigenvalue weighted by Crippen LogP contribution is 2.22. The van der Waals surface area contributed by atoms with E-state index >= 15 is 0 Å². The lowest BCUT2D eigenvalue weighted by atomic mass is 10.1. The van der Waals surface area contributed by atoms with E-state index in [9.17, 15) is 4.79 Å². The molecule has 2 aromatic rings. The van der Waals surface area contributed by atoms with Crippen LogP contribution in [0.2, 0.25) is 0 Å². The molecule has 1 aliphatic heterocycles. The number of benzene rings is 1. The van der Waals surface area contributed by atoms with Crippen molar-refractivity contribution in [1.29, 1.82) is 0 Å². The van der Waals surface area contributed by atoms with Crippen molar-refractivity contribution < 1.29 is 9.53 Å². The zero-order chi connectivity index (χ0) is 12.5. The van der Waals surface area contributed by atoms with Crippen molar-refractivity contribution in [2.24, 2.45) is 7.05 Å². The van der Waals surface area contributed by atoms with Crippen molar-refractivity contribution in [3.8, 4) is 0 Å². The van der Waals surface area contributed by atoms with Gasteiger partial charge in [0.2, 0.25) is 5.78 Å². The Morgan fingerprint density at radius 1 is 1.39 bits per heavy atom. The first-order valence-corrected chi connectivity index (χ1v) is 6.07. The van der Waals surface area contributed by atoms with Crippen LogP contribution in [0.5, 0.6) is 0 Å². The number of hydrogen-bond donors (Lipinski definition) is 0. The largest absolute Gasteiger partial charge is 0.490 e. The van der Waals surface area contributed by atoms with E-state index in [1.165, 1.54) is 0 Å². The molecule has 0 amide bonds. The lowest BCUT2D eigenvalue weighted by Gasteiger charge is -2.12. The molecule has 2 heterocycles. The molecule has 0 saturated heterocycles. The molecule has 0 saturated carbocycles. The molecule has 4 nitrogen and oxygen atoms in total. The van der Waals surface area contributed by atoms with Crippen LogP contribution in [0.15, 0.2) is 36.1 Å². The van der Waals surface area contributed by atoms with Crippen LogP contribution in [0, 0.1) is 0 Å². The van der Waals surface area contributed by atoms with E-state index in [0.717, 1.165) is 23.7 Å². The summed E-state index contributed by atoms with van der Waals surface area (Å²) in [5.74, 6) is 0.316. The summed E-state index contributed by atoms with van der Waals surface area (Å²) in [4.78, 5) is 12.4. The Balaban J connectivity index is 2.09. The Morgan fingerprint density at radius 2 is 2.22 bits per heavy atom. The number of aryl methyl sites for hydroxylation is 1. The van der Waals surface area contributed by atoms with Gasteiger partial charge < -0.3 is 4.74 Å². The van der Waals surface area contributed by atoms with Crippen molar-refractivity contribution in [2.45, 2.75) is 12.8 Å². The summed E-state index contributed by atoms with van der Waals surface area (Å²) in [6, 6.07) is 7.72. The van der Waals surface area contributed by atoms with Crippen LogP contribution in [0.25, 0.3) is 10.9 Å². The molecule has 0 bridgehead atoms. The fourth-order valence-electron chi connectivity index (χ4n) is 2.21. The molecule has 0 fully saturated rings. The third kappa shape index (κ3) is 1.70. The number of ether oxygens (including phenoxy) is 1. The second-order valence-corrected chi connectivity index (χ2v) is 4.38. The van der Waals surface area contributed by atoms with Gasteiger partial charge in [-0.05, 0) is 25.0 Å². The van der Waals surface area contributed by atoms with Crippen molar-refractivity contribution in [1.82, 2.24) is 9.78 Å². The van der Waals surface area contributed by atoms with E-state index < -0.39 is 0 Å². The van der Waals surface area contributed by atoms with Gasteiger partial charge in [-0.2, -0.15) is 5.10 Å². The number of para-hydroxylation sites is 1. The van der Waals surface area contributed by atoms with Gasteiger partial charge in [0.1, 0.15) is 5.69 Å². The smallest absolute Gasteiger partial charge is 0.248 e. The molecule has 1 aromatic carbocycles. The van der Waals surface area contributed by atoms with Gasteiger partial charge in [0.25, 0.3) is 0 Å². The highest BCUT2D eigenvalue weighted by molar-refractivity contribution is 6.13. The zero-order valence-electron chi connectivity index (χ0n) is 10.2. The number of nitrogens with zero attached hydrogens (tertiary/aromatic N) is 2.